The number of benzene rings is 2. The van der Waals surface area contributed by atoms with Gasteiger partial charge >= 0.3 is 6.03 Å². The molecule has 0 aliphatic rings. The van der Waals surface area contributed by atoms with E-state index in [-0.39, 0.29) is 6.03 Å². The van der Waals surface area contributed by atoms with E-state index in [2.05, 4.69) is 42.7 Å². The molecule has 0 fully saturated rings. The summed E-state index contributed by atoms with van der Waals surface area (Å²) in [6.45, 7) is 9.05. The van der Waals surface area contributed by atoms with Crippen LogP contribution in [0.4, 0.5) is 10.5 Å². The van der Waals surface area contributed by atoms with E-state index in [1.54, 1.807) is 0 Å². The predicted molar refractivity (Wildman–Crippen MR) is 99.0 cm³/mol. The summed E-state index contributed by atoms with van der Waals surface area (Å²) in [5.41, 5.74) is 5.43. The Kier molecular flexibility index (Phi) is 6.24. The Morgan fingerprint density at radius 3 is 2.46 bits per heavy atom. The molecule has 2 amide bonds. The zero-order valence-corrected chi connectivity index (χ0v) is 14.9. The van der Waals surface area contributed by atoms with E-state index < -0.39 is 0 Å². The maximum Gasteiger partial charge on any atom is 0.319 e. The van der Waals surface area contributed by atoms with Gasteiger partial charge < -0.3 is 15.4 Å². The van der Waals surface area contributed by atoms with Gasteiger partial charge in [-0.1, -0.05) is 36.8 Å². The summed E-state index contributed by atoms with van der Waals surface area (Å²) in [5.74, 6) is 0.835. The Hall–Kier alpha value is -2.49. The second-order valence-corrected chi connectivity index (χ2v) is 6.00. The van der Waals surface area contributed by atoms with Crippen LogP contribution in [-0.2, 0) is 6.42 Å². The molecule has 2 aromatic rings. The van der Waals surface area contributed by atoms with Crippen molar-refractivity contribution in [3.8, 4) is 5.75 Å². The third kappa shape index (κ3) is 5.01. The quantitative estimate of drug-likeness (QED) is 0.774. The van der Waals surface area contributed by atoms with Gasteiger partial charge in [0.25, 0.3) is 0 Å². The Labute approximate surface area is 144 Å². The van der Waals surface area contributed by atoms with Crippen LogP contribution in [-0.4, -0.2) is 19.2 Å². The van der Waals surface area contributed by atoms with Crippen LogP contribution in [0.25, 0.3) is 0 Å². The normalized spacial score (nSPS) is 10.3. The Morgan fingerprint density at radius 2 is 1.79 bits per heavy atom. The zero-order chi connectivity index (χ0) is 17.5. The van der Waals surface area contributed by atoms with Crippen molar-refractivity contribution in [3.05, 3.63) is 58.7 Å². The highest BCUT2D eigenvalue weighted by Gasteiger charge is 2.07. The summed E-state index contributed by atoms with van der Waals surface area (Å²) >= 11 is 0. The highest BCUT2D eigenvalue weighted by atomic mass is 16.5. The molecule has 2 rings (SSSR count). The second kappa shape index (κ2) is 8.39. The average molecular weight is 326 g/mol. The number of carbonyl (C=O) groups excluding carboxylic acids is 1. The number of hydrogen-bond acceptors (Lipinski definition) is 2. The van der Waals surface area contributed by atoms with Crippen molar-refractivity contribution in [2.24, 2.45) is 0 Å². The van der Waals surface area contributed by atoms with E-state index in [0.29, 0.717) is 13.2 Å². The van der Waals surface area contributed by atoms with Gasteiger partial charge in [0.2, 0.25) is 0 Å². The molecule has 0 saturated carbocycles. The topological polar surface area (TPSA) is 50.4 Å². The summed E-state index contributed by atoms with van der Waals surface area (Å²) in [6.07, 6.45) is 0.979. The fourth-order valence-corrected chi connectivity index (χ4v) is 2.72. The van der Waals surface area contributed by atoms with Crippen molar-refractivity contribution in [1.82, 2.24) is 5.32 Å². The van der Waals surface area contributed by atoms with E-state index >= 15 is 0 Å². The van der Waals surface area contributed by atoms with Crippen LogP contribution in [0.15, 0.2) is 36.4 Å². The highest BCUT2D eigenvalue weighted by Crippen LogP contribution is 2.21. The molecule has 2 N–H and O–H groups in total. The van der Waals surface area contributed by atoms with Crippen molar-refractivity contribution >= 4 is 11.7 Å². The van der Waals surface area contributed by atoms with Gasteiger partial charge in [0.05, 0.1) is 6.54 Å². The Morgan fingerprint density at radius 1 is 1.08 bits per heavy atom. The van der Waals surface area contributed by atoms with Crippen LogP contribution in [0, 0.1) is 20.8 Å². The number of nitrogens with one attached hydrogen (secondary N) is 2. The Bertz CT molecular complexity index is 688. The number of rotatable bonds is 6. The van der Waals surface area contributed by atoms with E-state index in [9.17, 15) is 4.79 Å². The molecule has 2 aromatic carbocycles. The number of hydrogen-bond donors (Lipinski definition) is 2. The summed E-state index contributed by atoms with van der Waals surface area (Å²) in [4.78, 5) is 12.0. The van der Waals surface area contributed by atoms with Gasteiger partial charge in [-0.05, 0) is 56.0 Å². The van der Waals surface area contributed by atoms with Gasteiger partial charge in [-0.15, -0.1) is 0 Å². The summed E-state index contributed by atoms with van der Waals surface area (Å²) in [7, 11) is 0. The number of urea groups is 1. The number of carbonyl (C=O) groups is 1. The zero-order valence-electron chi connectivity index (χ0n) is 14.9. The number of amides is 2. The molecule has 0 bridgehead atoms. The van der Waals surface area contributed by atoms with Crippen molar-refractivity contribution < 1.29 is 9.53 Å². The third-order valence-corrected chi connectivity index (χ3v) is 3.88. The molecule has 4 nitrogen and oxygen atoms in total. The smallest absolute Gasteiger partial charge is 0.319 e. The molecule has 0 radical (unpaired) electrons. The largest absolute Gasteiger partial charge is 0.492 e. The van der Waals surface area contributed by atoms with Crippen molar-refractivity contribution in [1.29, 1.82) is 0 Å². The van der Waals surface area contributed by atoms with Crippen LogP contribution < -0.4 is 15.4 Å². The van der Waals surface area contributed by atoms with Crippen LogP contribution in [0.2, 0.25) is 0 Å². The number of aryl methyl sites for hydroxylation is 4. The molecule has 0 spiro atoms. The summed E-state index contributed by atoms with van der Waals surface area (Å²) in [6, 6.07) is 11.9. The fraction of sp³-hybridized carbons (Fsp3) is 0.350. The predicted octanol–water partition coefficient (Wildman–Crippen LogP) is 4.37. The SMILES string of the molecule is CCc1cccc(OCCNC(=O)Nc2c(C)cc(C)cc2C)c1. The van der Waals surface area contributed by atoms with Gasteiger partial charge in [0, 0.05) is 5.69 Å². The first kappa shape index (κ1) is 17.9. The standard InChI is InChI=1S/C20H26N2O2/c1-5-17-7-6-8-18(13-17)24-10-9-21-20(23)22-19-15(3)11-14(2)12-16(19)4/h6-8,11-13H,5,9-10H2,1-4H3,(H2,21,22,23). The number of anilines is 1. The lowest BCUT2D eigenvalue weighted by Gasteiger charge is -2.14. The minimum Gasteiger partial charge on any atom is -0.492 e. The van der Waals surface area contributed by atoms with E-state index in [0.717, 1.165) is 29.0 Å². The fourth-order valence-electron chi connectivity index (χ4n) is 2.72. The number of ether oxygens (including phenoxy) is 1. The van der Waals surface area contributed by atoms with E-state index in [4.69, 9.17) is 4.74 Å². The lowest BCUT2D eigenvalue weighted by molar-refractivity contribution is 0.247. The first-order valence-electron chi connectivity index (χ1n) is 8.34. The van der Waals surface area contributed by atoms with Gasteiger partial charge in [-0.2, -0.15) is 0 Å². The minimum atomic E-state index is -0.212. The van der Waals surface area contributed by atoms with Gasteiger partial charge in [-0.3, -0.25) is 0 Å². The molecule has 0 aliphatic heterocycles. The van der Waals surface area contributed by atoms with E-state index in [1.807, 2.05) is 32.0 Å². The van der Waals surface area contributed by atoms with Gasteiger partial charge in [0.1, 0.15) is 12.4 Å². The maximum atomic E-state index is 12.0. The van der Waals surface area contributed by atoms with Gasteiger partial charge in [-0.25, -0.2) is 4.79 Å². The molecule has 128 valence electrons. The lowest BCUT2D eigenvalue weighted by Crippen LogP contribution is -2.32. The van der Waals surface area contributed by atoms with Crippen LogP contribution in [0.3, 0.4) is 0 Å². The molecule has 0 atom stereocenters. The Balaban J connectivity index is 1.79. The molecule has 0 aromatic heterocycles. The molecule has 4 heteroatoms. The molecule has 0 saturated heterocycles. The summed E-state index contributed by atoms with van der Waals surface area (Å²) in [5, 5.41) is 5.74. The van der Waals surface area contributed by atoms with Gasteiger partial charge in [0.15, 0.2) is 0 Å². The van der Waals surface area contributed by atoms with Crippen LogP contribution in [0.5, 0.6) is 5.75 Å². The van der Waals surface area contributed by atoms with Crippen LogP contribution >= 0.6 is 0 Å². The first-order valence-corrected chi connectivity index (χ1v) is 8.34. The monoisotopic (exact) mass is 326 g/mol. The lowest BCUT2D eigenvalue weighted by atomic mass is 10.1. The summed E-state index contributed by atoms with van der Waals surface area (Å²) < 4.78 is 5.67. The minimum absolute atomic E-state index is 0.212. The molecule has 24 heavy (non-hydrogen) atoms. The van der Waals surface area contributed by atoms with Crippen molar-refractivity contribution in [2.45, 2.75) is 34.1 Å². The molecular weight excluding hydrogens is 300 g/mol. The van der Waals surface area contributed by atoms with Crippen molar-refractivity contribution in [2.75, 3.05) is 18.5 Å². The highest BCUT2D eigenvalue weighted by molar-refractivity contribution is 5.91. The second-order valence-electron chi connectivity index (χ2n) is 6.00. The molecule has 0 aliphatic carbocycles. The maximum absolute atomic E-state index is 12.0. The van der Waals surface area contributed by atoms with E-state index in [1.165, 1.54) is 11.1 Å². The molecule has 0 heterocycles. The molecular formula is C20H26N2O2. The van der Waals surface area contributed by atoms with Crippen molar-refractivity contribution in [3.63, 3.8) is 0 Å². The first-order chi connectivity index (χ1) is 11.5. The van der Waals surface area contributed by atoms with Crippen LogP contribution in [0.1, 0.15) is 29.2 Å². The molecule has 0 unspecified atom stereocenters. The average Bonchev–Trinajstić information content (AvgIpc) is 2.55. The third-order valence-electron chi connectivity index (χ3n) is 3.88.